The molecule has 2 aliphatic heterocycles. The zero-order chi connectivity index (χ0) is 19.1. The Morgan fingerprint density at radius 1 is 1.21 bits per heavy atom. The molecule has 0 radical (unpaired) electrons. The second kappa shape index (κ2) is 11.7. The topological polar surface area (TPSA) is 52.1 Å². The number of anilines is 1. The fourth-order valence-electron chi connectivity index (χ4n) is 4.18. The van der Waals surface area contributed by atoms with Crippen LogP contribution in [-0.2, 0) is 0 Å². The summed E-state index contributed by atoms with van der Waals surface area (Å²) in [7, 11) is 3.59. The molecule has 1 aromatic rings. The molecule has 2 atom stereocenters. The van der Waals surface area contributed by atoms with E-state index >= 15 is 0 Å². The van der Waals surface area contributed by atoms with Gasteiger partial charge in [-0.2, -0.15) is 0 Å². The minimum Gasteiger partial charge on any atom is -0.495 e. The molecule has 2 aliphatic rings. The number of halogens is 1. The molecular weight excluding hydrogens is 465 g/mol. The van der Waals surface area contributed by atoms with E-state index in [9.17, 15) is 0 Å². The number of hydrogen-bond donors (Lipinski definition) is 2. The molecule has 0 spiro atoms. The van der Waals surface area contributed by atoms with Crippen LogP contribution >= 0.6 is 24.0 Å². The van der Waals surface area contributed by atoms with Gasteiger partial charge in [0.05, 0.1) is 12.8 Å². The van der Waals surface area contributed by atoms with Crippen molar-refractivity contribution in [3.05, 3.63) is 24.3 Å². The highest BCUT2D eigenvalue weighted by Gasteiger charge is 2.25. The lowest BCUT2D eigenvalue weighted by Gasteiger charge is -2.33. The fraction of sp³-hybridized carbons (Fsp3) is 0.667. The number of nitrogens with zero attached hydrogens (tertiary/aromatic N) is 3. The molecule has 3 rings (SSSR count). The number of rotatable bonds is 6. The summed E-state index contributed by atoms with van der Waals surface area (Å²) in [5.74, 6) is 1.85. The molecule has 2 N–H and O–H groups in total. The first-order chi connectivity index (χ1) is 13.2. The van der Waals surface area contributed by atoms with E-state index in [1.54, 1.807) is 7.11 Å². The van der Waals surface area contributed by atoms with Crippen molar-refractivity contribution in [1.82, 2.24) is 15.5 Å². The molecule has 2 saturated heterocycles. The van der Waals surface area contributed by atoms with Crippen molar-refractivity contribution >= 4 is 35.6 Å². The predicted octanol–water partition coefficient (Wildman–Crippen LogP) is 2.93. The lowest BCUT2D eigenvalue weighted by molar-refractivity contribution is 0.163. The molecule has 1 aromatic carbocycles. The summed E-state index contributed by atoms with van der Waals surface area (Å²) in [6.45, 7) is 7.58. The maximum atomic E-state index is 5.51. The zero-order valence-corrected chi connectivity index (χ0v) is 19.8. The van der Waals surface area contributed by atoms with Crippen molar-refractivity contribution in [3.8, 4) is 5.75 Å². The van der Waals surface area contributed by atoms with Crippen LogP contribution in [0.15, 0.2) is 29.3 Å². The van der Waals surface area contributed by atoms with Crippen LogP contribution < -0.4 is 20.3 Å². The minimum absolute atomic E-state index is 0. The standard InChI is InChI=1S/C21H35N5O.HI/c1-17-8-6-7-13-25(17)15-12-23-21(22-2)24-18-11-14-26(16-18)19-9-4-5-10-20(19)27-3;/h4-5,9-10,17-18H,6-8,11-16H2,1-3H3,(H2,22,23,24);1H. The first kappa shape index (κ1) is 23.1. The van der Waals surface area contributed by atoms with Crippen molar-refractivity contribution in [2.45, 2.75) is 44.7 Å². The van der Waals surface area contributed by atoms with Crippen LogP contribution in [0.4, 0.5) is 5.69 Å². The summed E-state index contributed by atoms with van der Waals surface area (Å²) >= 11 is 0. The number of nitrogens with one attached hydrogen (secondary N) is 2. The molecule has 2 unspecified atom stereocenters. The van der Waals surface area contributed by atoms with Crippen molar-refractivity contribution < 1.29 is 4.74 Å². The Morgan fingerprint density at radius 3 is 2.79 bits per heavy atom. The molecule has 7 heteroatoms. The summed E-state index contributed by atoms with van der Waals surface area (Å²) < 4.78 is 5.51. The zero-order valence-electron chi connectivity index (χ0n) is 17.5. The van der Waals surface area contributed by atoms with Crippen molar-refractivity contribution in [3.63, 3.8) is 0 Å². The second-order valence-corrected chi connectivity index (χ2v) is 7.63. The SMILES string of the molecule is CN=C(NCCN1CCCCC1C)NC1CCN(c2ccccc2OC)C1.I. The number of benzene rings is 1. The number of guanidine groups is 1. The van der Waals surface area contributed by atoms with Crippen LogP contribution in [0, 0.1) is 0 Å². The first-order valence-electron chi connectivity index (χ1n) is 10.3. The van der Waals surface area contributed by atoms with Gasteiger partial charge < -0.3 is 20.3 Å². The molecule has 0 amide bonds. The number of para-hydroxylation sites is 2. The maximum absolute atomic E-state index is 5.51. The van der Waals surface area contributed by atoms with Crippen molar-refractivity contribution in [2.75, 3.05) is 51.8 Å². The molecule has 0 saturated carbocycles. The third-order valence-corrected chi connectivity index (χ3v) is 5.81. The van der Waals surface area contributed by atoms with E-state index in [0.29, 0.717) is 12.1 Å². The normalized spacial score (nSPS) is 23.2. The molecule has 0 aliphatic carbocycles. The van der Waals surface area contributed by atoms with Crippen molar-refractivity contribution in [2.24, 2.45) is 4.99 Å². The Hall–Kier alpha value is -1.22. The molecule has 6 nitrogen and oxygen atoms in total. The van der Waals surface area contributed by atoms with E-state index in [-0.39, 0.29) is 24.0 Å². The van der Waals surface area contributed by atoms with Crippen molar-refractivity contribution in [1.29, 1.82) is 0 Å². The van der Waals surface area contributed by atoms with Gasteiger partial charge in [-0.25, -0.2) is 0 Å². The average molecular weight is 501 g/mol. The monoisotopic (exact) mass is 501 g/mol. The lowest BCUT2D eigenvalue weighted by Crippen LogP contribution is -2.48. The number of methoxy groups -OCH3 is 1. The summed E-state index contributed by atoms with van der Waals surface area (Å²) in [6, 6.07) is 9.35. The molecule has 2 fully saturated rings. The maximum Gasteiger partial charge on any atom is 0.191 e. The van der Waals surface area contributed by atoms with Crippen LogP contribution in [0.2, 0.25) is 0 Å². The highest BCUT2D eigenvalue weighted by atomic mass is 127. The fourth-order valence-corrected chi connectivity index (χ4v) is 4.18. The molecule has 2 heterocycles. The minimum atomic E-state index is 0. The van der Waals surface area contributed by atoms with Gasteiger partial charge in [0.2, 0.25) is 0 Å². The highest BCUT2D eigenvalue weighted by Crippen LogP contribution is 2.30. The van der Waals surface area contributed by atoms with Crippen LogP contribution in [0.1, 0.15) is 32.6 Å². The summed E-state index contributed by atoms with van der Waals surface area (Å²) in [5.41, 5.74) is 1.17. The average Bonchev–Trinajstić information content (AvgIpc) is 3.17. The lowest BCUT2D eigenvalue weighted by atomic mass is 10.0. The second-order valence-electron chi connectivity index (χ2n) is 7.63. The van der Waals surface area contributed by atoms with E-state index in [4.69, 9.17) is 4.74 Å². The van der Waals surface area contributed by atoms with E-state index in [2.05, 4.69) is 44.5 Å². The third kappa shape index (κ3) is 6.14. The van der Waals surface area contributed by atoms with Crippen LogP contribution in [0.3, 0.4) is 0 Å². The Kier molecular flexibility index (Phi) is 9.64. The van der Waals surface area contributed by atoms with Gasteiger partial charge in [-0.1, -0.05) is 18.6 Å². The summed E-state index contributed by atoms with van der Waals surface area (Å²) in [5, 5.41) is 7.09. The number of hydrogen-bond acceptors (Lipinski definition) is 4. The Labute approximate surface area is 187 Å². The van der Waals surface area contributed by atoms with E-state index in [1.165, 1.54) is 31.5 Å². The first-order valence-corrected chi connectivity index (χ1v) is 10.3. The van der Waals surface area contributed by atoms with Gasteiger partial charge >= 0.3 is 0 Å². The largest absolute Gasteiger partial charge is 0.495 e. The van der Waals surface area contributed by atoms with Gasteiger partial charge in [0.1, 0.15) is 5.75 Å². The summed E-state index contributed by atoms with van der Waals surface area (Å²) in [6.07, 6.45) is 5.13. The van der Waals surface area contributed by atoms with Gasteiger partial charge in [-0.05, 0) is 44.9 Å². The van der Waals surface area contributed by atoms with Gasteiger partial charge in [-0.3, -0.25) is 9.89 Å². The van der Waals surface area contributed by atoms with E-state index < -0.39 is 0 Å². The number of aliphatic imine (C=N–C) groups is 1. The highest BCUT2D eigenvalue weighted by molar-refractivity contribution is 14.0. The summed E-state index contributed by atoms with van der Waals surface area (Å²) in [4.78, 5) is 9.39. The van der Waals surface area contributed by atoms with Crippen LogP contribution in [0.25, 0.3) is 0 Å². The van der Waals surface area contributed by atoms with Gasteiger partial charge in [0, 0.05) is 45.3 Å². The molecule has 0 aromatic heterocycles. The van der Waals surface area contributed by atoms with E-state index in [0.717, 1.165) is 44.3 Å². The van der Waals surface area contributed by atoms with Gasteiger partial charge in [0.25, 0.3) is 0 Å². The quantitative estimate of drug-likeness (QED) is 0.357. The Morgan fingerprint density at radius 2 is 2.04 bits per heavy atom. The predicted molar refractivity (Wildman–Crippen MR) is 128 cm³/mol. The molecule has 28 heavy (non-hydrogen) atoms. The molecule has 158 valence electrons. The number of piperidine rings is 1. The van der Waals surface area contributed by atoms with Crippen LogP contribution in [0.5, 0.6) is 5.75 Å². The third-order valence-electron chi connectivity index (χ3n) is 5.81. The van der Waals surface area contributed by atoms with Crippen LogP contribution in [-0.4, -0.2) is 69.8 Å². The Balaban J connectivity index is 0.00000280. The van der Waals surface area contributed by atoms with Gasteiger partial charge in [0.15, 0.2) is 5.96 Å². The number of ether oxygens (including phenoxy) is 1. The molecular formula is C21H36IN5O. The van der Waals surface area contributed by atoms with E-state index in [1.807, 2.05) is 19.2 Å². The molecule has 0 bridgehead atoms. The van der Waals surface area contributed by atoms with Gasteiger partial charge in [-0.15, -0.1) is 24.0 Å². The smallest absolute Gasteiger partial charge is 0.191 e. The number of likely N-dealkylation sites (tertiary alicyclic amines) is 1. The Bertz CT molecular complexity index is 627.